The Morgan fingerprint density at radius 3 is 2.79 bits per heavy atom. The number of rotatable bonds is 9. The number of nitriles is 1. The Hall–Kier alpha value is -1.18. The molecule has 104 valence electrons. The van der Waals surface area contributed by atoms with Crippen molar-refractivity contribution in [3.63, 3.8) is 0 Å². The van der Waals surface area contributed by atoms with Crippen LogP contribution in [0, 0.1) is 11.3 Å². The van der Waals surface area contributed by atoms with Gasteiger partial charge in [-0.05, 0) is 31.2 Å². The minimum Gasteiger partial charge on any atom is -0.384 e. The van der Waals surface area contributed by atoms with Gasteiger partial charge in [-0.3, -0.25) is 0 Å². The number of hydrogen-bond donors (Lipinski definition) is 1. The molecule has 0 radical (unpaired) electrons. The fourth-order valence-electron chi connectivity index (χ4n) is 1.71. The predicted octanol–water partition coefficient (Wildman–Crippen LogP) is 3.90. The highest BCUT2D eigenvalue weighted by molar-refractivity contribution is 7.98. The topological polar surface area (TPSA) is 45.0 Å². The Balaban J connectivity index is 2.35. The molecule has 0 fully saturated rings. The van der Waals surface area contributed by atoms with E-state index in [0.717, 1.165) is 48.7 Å². The summed E-state index contributed by atoms with van der Waals surface area (Å²) in [7, 11) is 0. The summed E-state index contributed by atoms with van der Waals surface area (Å²) in [6.45, 7) is 4.62. The highest BCUT2D eigenvalue weighted by Crippen LogP contribution is 2.26. The average Bonchev–Trinajstić information content (AvgIpc) is 2.45. The van der Waals surface area contributed by atoms with Gasteiger partial charge >= 0.3 is 0 Å². The second kappa shape index (κ2) is 9.71. The molecule has 0 heterocycles. The molecule has 0 saturated carbocycles. The Morgan fingerprint density at radius 1 is 1.32 bits per heavy atom. The number of ether oxygens (including phenoxy) is 1. The van der Waals surface area contributed by atoms with Gasteiger partial charge in [-0.15, -0.1) is 11.8 Å². The van der Waals surface area contributed by atoms with Crippen molar-refractivity contribution in [2.45, 2.75) is 31.1 Å². The molecule has 4 heteroatoms. The van der Waals surface area contributed by atoms with Gasteiger partial charge in [0.1, 0.15) is 6.07 Å². The van der Waals surface area contributed by atoms with Crippen LogP contribution in [0.3, 0.4) is 0 Å². The summed E-state index contributed by atoms with van der Waals surface area (Å²) < 4.78 is 5.50. The predicted molar refractivity (Wildman–Crippen MR) is 81.8 cm³/mol. The first kappa shape index (κ1) is 15.9. The number of anilines is 1. The molecule has 0 saturated heterocycles. The van der Waals surface area contributed by atoms with Crippen molar-refractivity contribution < 1.29 is 4.74 Å². The van der Waals surface area contributed by atoms with Crippen molar-refractivity contribution in [1.82, 2.24) is 0 Å². The standard InChI is InChI=1S/C15H22N2OS/c1-3-4-10-18-11-6-9-17-14-7-5-8-15(19-2)13(14)12-16/h5,7-8,17H,3-4,6,9-11H2,1-2H3. The first-order chi connectivity index (χ1) is 9.33. The normalized spacial score (nSPS) is 10.2. The lowest BCUT2D eigenvalue weighted by Crippen LogP contribution is -2.07. The van der Waals surface area contributed by atoms with Gasteiger partial charge in [-0.25, -0.2) is 0 Å². The van der Waals surface area contributed by atoms with E-state index >= 15 is 0 Å². The Kier molecular flexibility index (Phi) is 8.11. The molecule has 1 rings (SSSR count). The van der Waals surface area contributed by atoms with Crippen LogP contribution in [0.25, 0.3) is 0 Å². The van der Waals surface area contributed by atoms with Crippen LogP contribution in [0.2, 0.25) is 0 Å². The molecule has 0 amide bonds. The monoisotopic (exact) mass is 278 g/mol. The molecule has 1 N–H and O–H groups in total. The first-order valence-electron chi connectivity index (χ1n) is 6.72. The van der Waals surface area contributed by atoms with Gasteiger partial charge in [0.15, 0.2) is 0 Å². The zero-order chi connectivity index (χ0) is 13.9. The van der Waals surface area contributed by atoms with Gasteiger partial charge in [-0.2, -0.15) is 5.26 Å². The van der Waals surface area contributed by atoms with Gasteiger partial charge in [0.25, 0.3) is 0 Å². The van der Waals surface area contributed by atoms with Crippen molar-refractivity contribution in [3.05, 3.63) is 23.8 Å². The fraction of sp³-hybridized carbons (Fsp3) is 0.533. The molecule has 0 aliphatic carbocycles. The molecule has 19 heavy (non-hydrogen) atoms. The molecule has 0 aliphatic heterocycles. The van der Waals surface area contributed by atoms with Gasteiger partial charge < -0.3 is 10.1 Å². The van der Waals surface area contributed by atoms with Crippen molar-refractivity contribution in [2.24, 2.45) is 0 Å². The summed E-state index contributed by atoms with van der Waals surface area (Å²) in [6.07, 6.45) is 5.24. The van der Waals surface area contributed by atoms with Gasteiger partial charge in [0.2, 0.25) is 0 Å². The van der Waals surface area contributed by atoms with Crippen LogP contribution in [0.1, 0.15) is 31.7 Å². The lowest BCUT2D eigenvalue weighted by atomic mass is 10.2. The molecule has 0 atom stereocenters. The largest absolute Gasteiger partial charge is 0.384 e. The van der Waals surface area contributed by atoms with E-state index in [4.69, 9.17) is 4.74 Å². The van der Waals surface area contributed by atoms with Crippen LogP contribution in [0.15, 0.2) is 23.1 Å². The maximum atomic E-state index is 9.20. The van der Waals surface area contributed by atoms with Gasteiger partial charge in [-0.1, -0.05) is 19.4 Å². The maximum Gasteiger partial charge on any atom is 0.102 e. The summed E-state index contributed by atoms with van der Waals surface area (Å²) in [6, 6.07) is 8.18. The van der Waals surface area contributed by atoms with Gasteiger partial charge in [0, 0.05) is 24.7 Å². The number of nitrogens with zero attached hydrogens (tertiary/aromatic N) is 1. The third-order valence-electron chi connectivity index (χ3n) is 2.78. The SMILES string of the molecule is CCCCOCCCNc1cccc(SC)c1C#N. The van der Waals surface area contributed by atoms with E-state index in [2.05, 4.69) is 18.3 Å². The molecule has 3 nitrogen and oxygen atoms in total. The van der Waals surface area contributed by atoms with Crippen LogP contribution < -0.4 is 5.32 Å². The molecule has 0 unspecified atom stereocenters. The first-order valence-corrected chi connectivity index (χ1v) is 7.94. The molecule has 0 aromatic heterocycles. The average molecular weight is 278 g/mol. The Bertz CT molecular complexity index is 415. The van der Waals surface area contributed by atoms with Gasteiger partial charge in [0.05, 0.1) is 11.3 Å². The summed E-state index contributed by atoms with van der Waals surface area (Å²) >= 11 is 1.60. The van der Waals surface area contributed by atoms with Crippen LogP contribution >= 0.6 is 11.8 Å². The number of unbranched alkanes of at least 4 members (excludes halogenated alkanes) is 1. The number of benzene rings is 1. The second-order valence-electron chi connectivity index (χ2n) is 4.24. The van der Waals surface area contributed by atoms with E-state index in [-0.39, 0.29) is 0 Å². The zero-order valence-electron chi connectivity index (χ0n) is 11.7. The summed E-state index contributed by atoms with van der Waals surface area (Å²) in [5.74, 6) is 0. The van der Waals surface area contributed by atoms with E-state index in [0.29, 0.717) is 0 Å². The summed E-state index contributed by atoms with van der Waals surface area (Å²) in [5, 5.41) is 12.5. The van der Waals surface area contributed by atoms with E-state index in [1.165, 1.54) is 6.42 Å². The lowest BCUT2D eigenvalue weighted by molar-refractivity contribution is 0.131. The molecular weight excluding hydrogens is 256 g/mol. The lowest BCUT2D eigenvalue weighted by Gasteiger charge is -2.10. The van der Waals surface area contributed by atoms with E-state index in [9.17, 15) is 5.26 Å². The van der Waals surface area contributed by atoms with Crippen LogP contribution in [-0.4, -0.2) is 26.0 Å². The fourth-order valence-corrected chi connectivity index (χ4v) is 2.28. The third-order valence-corrected chi connectivity index (χ3v) is 3.56. The van der Waals surface area contributed by atoms with Crippen LogP contribution in [0.5, 0.6) is 0 Å². The minimum absolute atomic E-state index is 0.738. The van der Waals surface area contributed by atoms with Crippen molar-refractivity contribution >= 4 is 17.4 Å². The van der Waals surface area contributed by atoms with Crippen molar-refractivity contribution in [2.75, 3.05) is 31.3 Å². The number of hydrogen-bond acceptors (Lipinski definition) is 4. The summed E-state index contributed by atoms with van der Waals surface area (Å²) in [4.78, 5) is 1.02. The zero-order valence-corrected chi connectivity index (χ0v) is 12.6. The highest BCUT2D eigenvalue weighted by atomic mass is 32.2. The second-order valence-corrected chi connectivity index (χ2v) is 5.09. The summed E-state index contributed by atoms with van der Waals surface area (Å²) in [5.41, 5.74) is 1.66. The van der Waals surface area contributed by atoms with E-state index < -0.39 is 0 Å². The van der Waals surface area contributed by atoms with Crippen LogP contribution in [-0.2, 0) is 4.74 Å². The smallest absolute Gasteiger partial charge is 0.102 e. The highest BCUT2D eigenvalue weighted by Gasteiger charge is 2.06. The Morgan fingerprint density at radius 2 is 2.11 bits per heavy atom. The third kappa shape index (κ3) is 5.54. The molecule has 0 spiro atoms. The van der Waals surface area contributed by atoms with E-state index in [1.807, 2.05) is 24.5 Å². The molecule has 1 aromatic carbocycles. The van der Waals surface area contributed by atoms with Crippen molar-refractivity contribution in [3.8, 4) is 6.07 Å². The molecule has 0 bridgehead atoms. The quantitative estimate of drug-likeness (QED) is 0.549. The van der Waals surface area contributed by atoms with E-state index in [1.54, 1.807) is 11.8 Å². The molecule has 0 aliphatic rings. The minimum atomic E-state index is 0.738. The Labute approximate surface area is 120 Å². The molecular formula is C15H22N2OS. The number of thioether (sulfide) groups is 1. The van der Waals surface area contributed by atoms with Crippen LogP contribution in [0.4, 0.5) is 5.69 Å². The molecule has 1 aromatic rings. The maximum absolute atomic E-state index is 9.20. The van der Waals surface area contributed by atoms with Crippen molar-refractivity contribution in [1.29, 1.82) is 5.26 Å². The number of nitrogens with one attached hydrogen (secondary N) is 1.